The van der Waals surface area contributed by atoms with Crippen molar-refractivity contribution < 1.29 is 4.39 Å². The van der Waals surface area contributed by atoms with Crippen LogP contribution in [0.2, 0.25) is 0 Å². The third kappa shape index (κ3) is 1.79. The van der Waals surface area contributed by atoms with Gasteiger partial charge in [-0.3, -0.25) is 0 Å². The summed E-state index contributed by atoms with van der Waals surface area (Å²) in [6, 6.07) is 3.17. The van der Waals surface area contributed by atoms with Crippen LogP contribution >= 0.6 is 11.6 Å². The molecule has 0 spiro atoms. The Morgan fingerprint density at radius 1 is 1.06 bits per heavy atom. The average molecular weight is 269 g/mol. The molecule has 1 atom stereocenters. The summed E-state index contributed by atoms with van der Waals surface area (Å²) in [5, 5.41) is -0.0319. The highest BCUT2D eigenvalue weighted by atomic mass is 35.5. The van der Waals surface area contributed by atoms with E-state index in [1.54, 1.807) is 12.1 Å². The van der Waals surface area contributed by atoms with Gasteiger partial charge in [-0.1, -0.05) is 27.7 Å². The fourth-order valence-electron chi connectivity index (χ4n) is 3.50. The standard InChI is InChI=1S/C16H22ClF/c1-9-7-11(18)8-10(2)12(9)13(17)14-15(3,4)16(14,5)6/h7-8,13-14H,1-6H3. The third-order valence-corrected chi connectivity index (χ3v) is 5.73. The van der Waals surface area contributed by atoms with E-state index in [0.717, 1.165) is 16.7 Å². The van der Waals surface area contributed by atoms with Crippen LogP contribution in [0, 0.1) is 36.4 Å². The van der Waals surface area contributed by atoms with Crippen molar-refractivity contribution in [2.75, 3.05) is 0 Å². The van der Waals surface area contributed by atoms with Gasteiger partial charge in [-0.05, 0) is 59.4 Å². The summed E-state index contributed by atoms with van der Waals surface area (Å²) >= 11 is 6.71. The minimum Gasteiger partial charge on any atom is -0.207 e. The molecule has 1 aromatic carbocycles. The van der Waals surface area contributed by atoms with Crippen LogP contribution in [0.1, 0.15) is 49.8 Å². The highest BCUT2D eigenvalue weighted by Crippen LogP contribution is 2.73. The van der Waals surface area contributed by atoms with Crippen LogP contribution < -0.4 is 0 Å². The summed E-state index contributed by atoms with van der Waals surface area (Å²) in [4.78, 5) is 0. The van der Waals surface area contributed by atoms with Crippen LogP contribution in [-0.4, -0.2) is 0 Å². The molecule has 1 fully saturated rings. The van der Waals surface area contributed by atoms with Crippen molar-refractivity contribution in [1.82, 2.24) is 0 Å². The maximum atomic E-state index is 13.3. The molecule has 2 heteroatoms. The van der Waals surface area contributed by atoms with Gasteiger partial charge < -0.3 is 0 Å². The van der Waals surface area contributed by atoms with Crippen LogP contribution in [0.3, 0.4) is 0 Å². The maximum absolute atomic E-state index is 13.3. The van der Waals surface area contributed by atoms with Gasteiger partial charge in [0.05, 0.1) is 5.38 Å². The normalized spacial score (nSPS) is 22.9. The zero-order valence-electron chi connectivity index (χ0n) is 12.1. The fraction of sp³-hybridized carbons (Fsp3) is 0.625. The molecule has 100 valence electrons. The minimum absolute atomic E-state index is 0.0319. The van der Waals surface area contributed by atoms with Crippen LogP contribution in [0.5, 0.6) is 0 Å². The van der Waals surface area contributed by atoms with Crippen molar-refractivity contribution in [2.45, 2.75) is 46.9 Å². The molecular formula is C16H22ClF. The lowest BCUT2D eigenvalue weighted by molar-refractivity contribution is 0.457. The number of hydrogen-bond acceptors (Lipinski definition) is 0. The molecule has 1 unspecified atom stereocenters. The van der Waals surface area contributed by atoms with E-state index in [9.17, 15) is 4.39 Å². The Bertz CT molecular complexity index is 451. The first kappa shape index (κ1) is 13.9. The van der Waals surface area contributed by atoms with Crippen molar-refractivity contribution in [3.63, 3.8) is 0 Å². The van der Waals surface area contributed by atoms with Crippen LogP contribution in [0.4, 0.5) is 4.39 Å². The summed E-state index contributed by atoms with van der Waals surface area (Å²) < 4.78 is 13.3. The molecule has 1 aliphatic carbocycles. The fourth-order valence-corrected chi connectivity index (χ4v) is 4.48. The van der Waals surface area contributed by atoms with Crippen LogP contribution in [0.25, 0.3) is 0 Å². The number of hydrogen-bond donors (Lipinski definition) is 0. The molecule has 1 saturated carbocycles. The van der Waals surface area contributed by atoms with Crippen molar-refractivity contribution in [2.24, 2.45) is 16.7 Å². The lowest BCUT2D eigenvalue weighted by atomic mass is 9.94. The number of alkyl halides is 1. The molecule has 2 rings (SSSR count). The summed E-state index contributed by atoms with van der Waals surface area (Å²) in [7, 11) is 0. The van der Waals surface area contributed by atoms with E-state index in [1.807, 2.05) is 13.8 Å². The highest BCUT2D eigenvalue weighted by Gasteiger charge is 2.67. The highest BCUT2D eigenvalue weighted by molar-refractivity contribution is 6.21. The SMILES string of the molecule is Cc1cc(F)cc(C)c1C(Cl)C1C(C)(C)C1(C)C. The Morgan fingerprint density at radius 2 is 1.44 bits per heavy atom. The Balaban J connectivity index is 2.40. The molecule has 0 radical (unpaired) electrons. The smallest absolute Gasteiger partial charge is 0.123 e. The van der Waals surface area contributed by atoms with E-state index in [-0.39, 0.29) is 22.0 Å². The Labute approximate surface area is 115 Å². The number of aryl methyl sites for hydroxylation is 2. The molecule has 18 heavy (non-hydrogen) atoms. The van der Waals surface area contributed by atoms with Crippen molar-refractivity contribution in [1.29, 1.82) is 0 Å². The van der Waals surface area contributed by atoms with E-state index in [1.165, 1.54) is 0 Å². The van der Waals surface area contributed by atoms with E-state index >= 15 is 0 Å². The molecule has 0 N–H and O–H groups in total. The Morgan fingerprint density at radius 3 is 1.78 bits per heavy atom. The van der Waals surface area contributed by atoms with E-state index in [4.69, 9.17) is 11.6 Å². The lowest BCUT2D eigenvalue weighted by Crippen LogP contribution is -2.05. The minimum atomic E-state index is -0.174. The van der Waals surface area contributed by atoms with Gasteiger partial charge in [0.25, 0.3) is 0 Å². The molecular weight excluding hydrogens is 247 g/mol. The summed E-state index contributed by atoms with van der Waals surface area (Å²) in [5.74, 6) is 0.265. The Hall–Kier alpha value is -0.560. The average Bonchev–Trinajstić information content (AvgIpc) is 2.54. The van der Waals surface area contributed by atoms with Gasteiger partial charge in [-0.2, -0.15) is 0 Å². The summed E-state index contributed by atoms with van der Waals surface area (Å²) in [6.07, 6.45) is 0. The third-order valence-electron chi connectivity index (χ3n) is 5.26. The molecule has 0 amide bonds. The molecule has 0 bridgehead atoms. The molecule has 0 aliphatic heterocycles. The van der Waals surface area contributed by atoms with Gasteiger partial charge in [0.2, 0.25) is 0 Å². The Kier molecular flexibility index (Phi) is 3.05. The van der Waals surface area contributed by atoms with Gasteiger partial charge in [0.1, 0.15) is 5.82 Å². The van der Waals surface area contributed by atoms with Gasteiger partial charge >= 0.3 is 0 Å². The monoisotopic (exact) mass is 268 g/mol. The zero-order chi connectivity index (χ0) is 13.9. The molecule has 1 aromatic rings. The molecule has 0 saturated heterocycles. The number of benzene rings is 1. The van der Waals surface area contributed by atoms with Gasteiger partial charge in [0, 0.05) is 0 Å². The molecule has 0 nitrogen and oxygen atoms in total. The number of halogens is 2. The quantitative estimate of drug-likeness (QED) is 0.630. The second-order valence-electron chi connectivity index (χ2n) is 6.78. The predicted octanol–water partition coefficient (Wildman–Crippen LogP) is 5.40. The van der Waals surface area contributed by atoms with E-state index in [2.05, 4.69) is 27.7 Å². The first-order valence-electron chi connectivity index (χ1n) is 6.51. The van der Waals surface area contributed by atoms with Gasteiger partial charge in [0.15, 0.2) is 0 Å². The largest absolute Gasteiger partial charge is 0.207 e. The summed E-state index contributed by atoms with van der Waals surface area (Å²) in [5.41, 5.74) is 3.53. The maximum Gasteiger partial charge on any atom is 0.123 e. The van der Waals surface area contributed by atoms with Crippen LogP contribution in [0.15, 0.2) is 12.1 Å². The predicted molar refractivity (Wildman–Crippen MR) is 75.5 cm³/mol. The van der Waals surface area contributed by atoms with E-state index in [0.29, 0.717) is 5.92 Å². The summed E-state index contributed by atoms with van der Waals surface area (Å²) in [6.45, 7) is 13.0. The second kappa shape index (κ2) is 3.96. The van der Waals surface area contributed by atoms with Crippen molar-refractivity contribution in [3.05, 3.63) is 34.6 Å². The van der Waals surface area contributed by atoms with Crippen molar-refractivity contribution in [3.8, 4) is 0 Å². The lowest BCUT2D eigenvalue weighted by Gasteiger charge is -2.18. The van der Waals surface area contributed by atoms with Gasteiger partial charge in [-0.25, -0.2) is 4.39 Å². The molecule has 0 heterocycles. The topological polar surface area (TPSA) is 0 Å². The van der Waals surface area contributed by atoms with E-state index < -0.39 is 0 Å². The number of rotatable bonds is 2. The van der Waals surface area contributed by atoms with Gasteiger partial charge in [-0.15, -0.1) is 11.6 Å². The van der Waals surface area contributed by atoms with Crippen molar-refractivity contribution >= 4 is 11.6 Å². The molecule has 1 aliphatic rings. The molecule has 0 aromatic heterocycles. The zero-order valence-corrected chi connectivity index (χ0v) is 12.8. The van der Waals surface area contributed by atoms with Crippen LogP contribution in [-0.2, 0) is 0 Å². The second-order valence-corrected chi connectivity index (χ2v) is 7.25. The first-order valence-corrected chi connectivity index (χ1v) is 6.95. The first-order chi connectivity index (χ1) is 8.10.